The van der Waals surface area contributed by atoms with Crippen molar-refractivity contribution in [3.8, 4) is 5.69 Å². The van der Waals surface area contributed by atoms with Gasteiger partial charge >= 0.3 is 3.92 Å². The lowest BCUT2D eigenvalue weighted by molar-refractivity contribution is 0.515. The molecule has 1 aromatic heterocycles. The van der Waals surface area contributed by atoms with Crippen LogP contribution in [0.1, 0.15) is 0 Å². The molecule has 0 bridgehead atoms. The Morgan fingerprint density at radius 3 is 2.25 bits per heavy atom. The third-order valence-electron chi connectivity index (χ3n) is 2.11. The second kappa shape index (κ2) is 6.41. The minimum atomic E-state index is -2.49. The number of imidazole rings is 1. The van der Waals surface area contributed by atoms with Crippen molar-refractivity contribution in [2.24, 2.45) is 0 Å². The molecular formula is C10H3BrCl5FN2S. The van der Waals surface area contributed by atoms with Gasteiger partial charge in [0.05, 0.1) is 15.7 Å². The first-order valence-electron chi connectivity index (χ1n) is 4.82. The van der Waals surface area contributed by atoms with E-state index in [1.165, 1.54) is 23.0 Å². The lowest BCUT2D eigenvalue weighted by Crippen LogP contribution is -1.97. The Bertz CT molecular complexity index is 635. The van der Waals surface area contributed by atoms with Crippen molar-refractivity contribution in [1.82, 2.24) is 9.55 Å². The first-order valence-corrected chi connectivity index (χ1v) is 8.32. The number of aromatic nitrogens is 2. The highest BCUT2D eigenvalue weighted by Gasteiger charge is 2.28. The van der Waals surface area contributed by atoms with Crippen molar-refractivity contribution in [3.05, 3.63) is 38.1 Å². The van der Waals surface area contributed by atoms with Gasteiger partial charge in [-0.15, -0.1) is 0 Å². The van der Waals surface area contributed by atoms with Gasteiger partial charge in [-0.05, 0) is 39.8 Å². The number of alkyl halides is 3. The molecule has 2 rings (SSSR count). The smallest absolute Gasteiger partial charge is 0.289 e. The quantitative estimate of drug-likeness (QED) is 0.374. The Labute approximate surface area is 151 Å². The fourth-order valence-corrected chi connectivity index (χ4v) is 3.97. The molecule has 0 radical (unpaired) electrons. The van der Waals surface area contributed by atoms with Crippen molar-refractivity contribution in [3.63, 3.8) is 0 Å². The van der Waals surface area contributed by atoms with Crippen LogP contribution in [0.4, 0.5) is 4.39 Å². The second-order valence-electron chi connectivity index (χ2n) is 3.48. The summed E-state index contributed by atoms with van der Waals surface area (Å²) in [5.41, 5.74) is 0.456. The van der Waals surface area contributed by atoms with E-state index in [0.717, 1.165) is 0 Å². The SMILES string of the molecule is FC(Cl)(Cl)Sc1ncn(-c2c(Cl)cc(Cl)cc2Cl)c1Br. The number of hydrogen-bond donors (Lipinski definition) is 0. The van der Waals surface area contributed by atoms with E-state index in [0.29, 0.717) is 37.1 Å². The standard InChI is InChI=1S/C10H3BrCl5FN2S/c11-8-9(20-10(15,16)17)18-3-19(8)7-5(13)1-4(12)2-6(7)14/h1-3H. The molecule has 20 heavy (non-hydrogen) atoms. The van der Waals surface area contributed by atoms with Crippen LogP contribution in [0.2, 0.25) is 15.1 Å². The molecule has 2 aromatic rings. The number of benzene rings is 1. The minimum absolute atomic E-state index is 0.250. The van der Waals surface area contributed by atoms with Gasteiger partial charge in [-0.3, -0.25) is 4.57 Å². The van der Waals surface area contributed by atoms with Gasteiger partial charge in [-0.1, -0.05) is 58.0 Å². The zero-order valence-electron chi connectivity index (χ0n) is 9.18. The van der Waals surface area contributed by atoms with Gasteiger partial charge in [0.2, 0.25) is 0 Å². The summed E-state index contributed by atoms with van der Waals surface area (Å²) >= 11 is 32.5. The van der Waals surface area contributed by atoms with Crippen LogP contribution < -0.4 is 0 Å². The average Bonchev–Trinajstić information content (AvgIpc) is 2.58. The van der Waals surface area contributed by atoms with E-state index in [1.54, 1.807) is 0 Å². The van der Waals surface area contributed by atoms with Gasteiger partial charge < -0.3 is 0 Å². The number of thioether (sulfide) groups is 1. The summed E-state index contributed by atoms with van der Waals surface area (Å²) in [5, 5.41) is 1.29. The maximum absolute atomic E-state index is 13.2. The Balaban J connectivity index is 2.50. The topological polar surface area (TPSA) is 17.8 Å². The van der Waals surface area contributed by atoms with Crippen LogP contribution in [0.3, 0.4) is 0 Å². The molecule has 10 heteroatoms. The zero-order chi connectivity index (χ0) is 15.1. The van der Waals surface area contributed by atoms with E-state index in [4.69, 9.17) is 58.0 Å². The Morgan fingerprint density at radius 2 is 1.75 bits per heavy atom. The molecule has 2 nitrogen and oxygen atoms in total. The van der Waals surface area contributed by atoms with Crippen LogP contribution in [0.25, 0.3) is 5.69 Å². The molecule has 1 heterocycles. The van der Waals surface area contributed by atoms with Crippen molar-refractivity contribution in [2.45, 2.75) is 8.95 Å². The highest BCUT2D eigenvalue weighted by Crippen LogP contribution is 2.44. The molecule has 0 atom stereocenters. The van der Waals surface area contributed by atoms with Crippen molar-refractivity contribution >= 4 is 85.7 Å². The lowest BCUT2D eigenvalue weighted by atomic mass is 10.3. The summed E-state index contributed by atoms with van der Waals surface area (Å²) in [6.45, 7) is 0. The number of nitrogens with zero attached hydrogens (tertiary/aromatic N) is 2. The molecule has 0 aliphatic carbocycles. The highest BCUT2D eigenvalue weighted by molar-refractivity contribution is 9.10. The molecule has 0 aliphatic heterocycles. The fourth-order valence-electron chi connectivity index (χ4n) is 1.42. The summed E-state index contributed by atoms with van der Waals surface area (Å²) in [6.07, 6.45) is 1.41. The van der Waals surface area contributed by atoms with E-state index >= 15 is 0 Å². The summed E-state index contributed by atoms with van der Waals surface area (Å²) in [7, 11) is 0. The number of rotatable bonds is 3. The molecule has 0 spiro atoms. The monoisotopic (exact) mass is 456 g/mol. The molecular weight excluding hydrogens is 456 g/mol. The maximum atomic E-state index is 13.2. The first kappa shape index (κ1) is 17.0. The molecule has 0 aliphatic rings. The Hall–Kier alpha value is 0.640. The number of hydrogen-bond acceptors (Lipinski definition) is 2. The molecule has 108 valence electrons. The van der Waals surface area contributed by atoms with Crippen LogP contribution in [-0.4, -0.2) is 13.5 Å². The van der Waals surface area contributed by atoms with Crippen molar-refractivity contribution in [2.75, 3.05) is 0 Å². The van der Waals surface area contributed by atoms with Gasteiger partial charge in [-0.2, -0.15) is 4.39 Å². The third-order valence-corrected chi connectivity index (χ3v) is 5.11. The Kier molecular flexibility index (Phi) is 5.44. The maximum Gasteiger partial charge on any atom is 0.310 e. The van der Waals surface area contributed by atoms with E-state index < -0.39 is 3.92 Å². The molecule has 1 aromatic carbocycles. The predicted molar refractivity (Wildman–Crippen MR) is 87.7 cm³/mol. The average molecular weight is 459 g/mol. The summed E-state index contributed by atoms with van der Waals surface area (Å²) < 4.78 is 12.7. The van der Waals surface area contributed by atoms with Crippen LogP contribution in [0.5, 0.6) is 0 Å². The van der Waals surface area contributed by atoms with E-state index in [-0.39, 0.29) is 5.03 Å². The molecule has 0 N–H and O–H groups in total. The zero-order valence-corrected chi connectivity index (χ0v) is 15.4. The van der Waals surface area contributed by atoms with Crippen LogP contribution >= 0.6 is 85.7 Å². The summed E-state index contributed by atoms with van der Waals surface area (Å²) in [6, 6.07) is 3.07. The van der Waals surface area contributed by atoms with Gasteiger partial charge in [0, 0.05) is 5.02 Å². The second-order valence-corrected chi connectivity index (χ2v) is 8.32. The highest BCUT2D eigenvalue weighted by atomic mass is 79.9. The normalized spacial score (nSPS) is 11.9. The fraction of sp³-hybridized carbons (Fsp3) is 0.100. The first-order chi connectivity index (χ1) is 9.19. The van der Waals surface area contributed by atoms with Crippen LogP contribution in [0.15, 0.2) is 28.1 Å². The van der Waals surface area contributed by atoms with Gasteiger partial charge in [0.15, 0.2) is 0 Å². The molecule has 0 fully saturated rings. The van der Waals surface area contributed by atoms with Crippen LogP contribution in [-0.2, 0) is 0 Å². The van der Waals surface area contributed by atoms with E-state index in [1.807, 2.05) is 0 Å². The molecule has 0 saturated heterocycles. The van der Waals surface area contributed by atoms with Gasteiger partial charge in [0.1, 0.15) is 16.0 Å². The largest absolute Gasteiger partial charge is 0.310 e. The lowest BCUT2D eigenvalue weighted by Gasteiger charge is -2.11. The van der Waals surface area contributed by atoms with Crippen molar-refractivity contribution < 1.29 is 4.39 Å². The summed E-state index contributed by atoms with van der Waals surface area (Å²) in [4.78, 5) is 4.00. The van der Waals surface area contributed by atoms with Gasteiger partial charge in [0.25, 0.3) is 0 Å². The molecule has 0 unspecified atom stereocenters. The van der Waals surface area contributed by atoms with Crippen LogP contribution in [0, 0.1) is 0 Å². The summed E-state index contributed by atoms with van der Waals surface area (Å²) in [5.74, 6) is 0. The predicted octanol–water partition coefficient (Wildman–Crippen LogP) is 6.75. The van der Waals surface area contributed by atoms with Crippen molar-refractivity contribution in [1.29, 1.82) is 0 Å². The Morgan fingerprint density at radius 1 is 1.20 bits per heavy atom. The molecule has 0 amide bonds. The third kappa shape index (κ3) is 3.88. The van der Waals surface area contributed by atoms with E-state index in [9.17, 15) is 4.39 Å². The van der Waals surface area contributed by atoms with Gasteiger partial charge in [-0.25, -0.2) is 4.98 Å². The minimum Gasteiger partial charge on any atom is -0.289 e. The number of halogens is 7. The van der Waals surface area contributed by atoms with E-state index in [2.05, 4.69) is 20.9 Å². The molecule has 0 saturated carbocycles.